The highest BCUT2D eigenvalue weighted by Gasteiger charge is 2.23. The zero-order chi connectivity index (χ0) is 12.4. The zero-order valence-corrected chi connectivity index (χ0v) is 9.64. The molecule has 0 aromatic heterocycles. The standard InChI is InChI=1S/C12H15N3O2/c1-8(13)12(17)9-4-2-3-5-10(9)15-7-6-11(16)14-15/h2-5,8H,6-7,13H2,1H3,(H,14,16). The largest absolute Gasteiger partial charge is 0.321 e. The third-order valence-electron chi connectivity index (χ3n) is 2.70. The Morgan fingerprint density at radius 3 is 2.76 bits per heavy atom. The number of anilines is 1. The van der Waals surface area contributed by atoms with Gasteiger partial charge in [-0.3, -0.25) is 20.0 Å². The van der Waals surface area contributed by atoms with Gasteiger partial charge in [-0.15, -0.1) is 0 Å². The van der Waals surface area contributed by atoms with Gasteiger partial charge in [0, 0.05) is 18.5 Å². The SMILES string of the molecule is CC(N)C(=O)c1ccccc1N1CCC(=O)N1. The minimum atomic E-state index is -0.547. The number of carbonyl (C=O) groups is 2. The normalized spacial score (nSPS) is 16.8. The van der Waals surface area contributed by atoms with E-state index in [1.54, 1.807) is 30.1 Å². The van der Waals surface area contributed by atoms with E-state index in [-0.39, 0.29) is 11.7 Å². The summed E-state index contributed by atoms with van der Waals surface area (Å²) in [6, 6.07) is 6.61. The summed E-state index contributed by atoms with van der Waals surface area (Å²) in [6.07, 6.45) is 0.445. The van der Waals surface area contributed by atoms with E-state index in [0.29, 0.717) is 24.2 Å². The monoisotopic (exact) mass is 233 g/mol. The zero-order valence-electron chi connectivity index (χ0n) is 9.64. The lowest BCUT2D eigenvalue weighted by molar-refractivity contribution is -0.119. The Morgan fingerprint density at radius 2 is 2.18 bits per heavy atom. The molecule has 0 radical (unpaired) electrons. The maximum Gasteiger partial charge on any atom is 0.240 e. The van der Waals surface area contributed by atoms with Crippen molar-refractivity contribution in [1.29, 1.82) is 0 Å². The van der Waals surface area contributed by atoms with Crippen LogP contribution in [0.5, 0.6) is 0 Å². The predicted molar refractivity (Wildman–Crippen MR) is 64.5 cm³/mol. The van der Waals surface area contributed by atoms with E-state index < -0.39 is 6.04 Å². The maximum atomic E-state index is 11.9. The number of Topliss-reactive ketones (excluding diaryl/α,β-unsaturated/α-hetero) is 1. The van der Waals surface area contributed by atoms with Crippen LogP contribution in [-0.2, 0) is 4.79 Å². The van der Waals surface area contributed by atoms with Gasteiger partial charge in [-0.1, -0.05) is 12.1 Å². The Labute approximate surface area is 99.6 Å². The van der Waals surface area contributed by atoms with Gasteiger partial charge < -0.3 is 5.73 Å². The third kappa shape index (κ3) is 2.29. The molecule has 1 amide bonds. The Morgan fingerprint density at radius 1 is 1.47 bits per heavy atom. The fraction of sp³-hybridized carbons (Fsp3) is 0.333. The summed E-state index contributed by atoms with van der Waals surface area (Å²) < 4.78 is 0. The lowest BCUT2D eigenvalue weighted by Crippen LogP contribution is -2.35. The van der Waals surface area contributed by atoms with Crippen LogP contribution in [0, 0.1) is 0 Å². The molecule has 2 rings (SSSR count). The highest BCUT2D eigenvalue weighted by molar-refractivity contribution is 6.04. The second-order valence-corrected chi connectivity index (χ2v) is 4.11. The molecule has 1 unspecified atom stereocenters. The topological polar surface area (TPSA) is 75.4 Å². The number of hydrogen-bond acceptors (Lipinski definition) is 4. The van der Waals surface area contributed by atoms with Crippen molar-refractivity contribution in [2.24, 2.45) is 5.73 Å². The number of benzene rings is 1. The number of nitrogens with one attached hydrogen (secondary N) is 1. The Balaban J connectivity index is 2.34. The van der Waals surface area contributed by atoms with Crippen molar-refractivity contribution in [3.05, 3.63) is 29.8 Å². The molecule has 0 spiro atoms. The van der Waals surface area contributed by atoms with Crippen LogP contribution < -0.4 is 16.2 Å². The quantitative estimate of drug-likeness (QED) is 0.744. The highest BCUT2D eigenvalue weighted by atomic mass is 16.2. The van der Waals surface area contributed by atoms with Crippen LogP contribution in [0.15, 0.2) is 24.3 Å². The first-order valence-corrected chi connectivity index (χ1v) is 5.55. The van der Waals surface area contributed by atoms with Gasteiger partial charge in [-0.05, 0) is 19.1 Å². The number of carbonyl (C=O) groups excluding carboxylic acids is 2. The van der Waals surface area contributed by atoms with Crippen LogP contribution in [0.1, 0.15) is 23.7 Å². The van der Waals surface area contributed by atoms with Crippen molar-refractivity contribution in [1.82, 2.24) is 5.43 Å². The smallest absolute Gasteiger partial charge is 0.240 e. The molecule has 5 nitrogen and oxygen atoms in total. The molecule has 3 N–H and O–H groups in total. The molecule has 1 atom stereocenters. The Kier molecular flexibility index (Phi) is 3.10. The molecular weight excluding hydrogens is 218 g/mol. The summed E-state index contributed by atoms with van der Waals surface area (Å²) in [4.78, 5) is 23.1. The number of nitrogens with zero attached hydrogens (tertiary/aromatic N) is 1. The number of ketones is 1. The summed E-state index contributed by atoms with van der Waals surface area (Å²) in [5, 5.41) is 1.69. The molecule has 1 aliphatic heterocycles. The molecule has 1 aromatic carbocycles. The van der Waals surface area contributed by atoms with Gasteiger partial charge in [0.15, 0.2) is 5.78 Å². The van der Waals surface area contributed by atoms with Gasteiger partial charge in [0.25, 0.3) is 0 Å². The van der Waals surface area contributed by atoms with Gasteiger partial charge in [0.05, 0.1) is 11.7 Å². The second kappa shape index (κ2) is 4.55. The molecule has 1 fully saturated rings. The van der Waals surface area contributed by atoms with Crippen LogP contribution in [-0.4, -0.2) is 24.3 Å². The van der Waals surface area contributed by atoms with Gasteiger partial charge in [-0.2, -0.15) is 0 Å². The molecule has 1 aromatic rings. The van der Waals surface area contributed by atoms with Gasteiger partial charge >= 0.3 is 0 Å². The van der Waals surface area contributed by atoms with E-state index in [4.69, 9.17) is 5.73 Å². The average Bonchev–Trinajstić information content (AvgIpc) is 2.74. The van der Waals surface area contributed by atoms with Crippen molar-refractivity contribution in [2.45, 2.75) is 19.4 Å². The number of hydrogen-bond donors (Lipinski definition) is 2. The van der Waals surface area contributed by atoms with Gasteiger partial charge in [0.1, 0.15) is 0 Å². The molecule has 1 aliphatic rings. The first kappa shape index (κ1) is 11.6. The van der Waals surface area contributed by atoms with E-state index in [1.807, 2.05) is 6.07 Å². The van der Waals surface area contributed by atoms with E-state index in [0.717, 1.165) is 0 Å². The fourth-order valence-corrected chi connectivity index (χ4v) is 1.82. The summed E-state index contributed by atoms with van der Waals surface area (Å²) >= 11 is 0. The summed E-state index contributed by atoms with van der Waals surface area (Å²) in [5.41, 5.74) is 9.57. The first-order chi connectivity index (χ1) is 8.09. The Hall–Kier alpha value is -1.88. The van der Waals surface area contributed by atoms with E-state index in [1.165, 1.54) is 0 Å². The second-order valence-electron chi connectivity index (χ2n) is 4.11. The molecule has 1 saturated heterocycles. The molecule has 1 heterocycles. The minimum Gasteiger partial charge on any atom is -0.321 e. The molecule has 90 valence electrons. The molecule has 0 aliphatic carbocycles. The number of para-hydroxylation sites is 1. The minimum absolute atomic E-state index is 0.0342. The highest BCUT2D eigenvalue weighted by Crippen LogP contribution is 2.22. The number of hydrazine groups is 1. The van der Waals surface area contributed by atoms with Crippen LogP contribution >= 0.6 is 0 Å². The van der Waals surface area contributed by atoms with Crippen LogP contribution in [0.3, 0.4) is 0 Å². The van der Waals surface area contributed by atoms with Crippen LogP contribution in [0.2, 0.25) is 0 Å². The lowest BCUT2D eigenvalue weighted by Gasteiger charge is -2.20. The maximum absolute atomic E-state index is 11.9. The number of nitrogens with two attached hydrogens (primary N) is 1. The summed E-state index contributed by atoms with van der Waals surface area (Å²) in [5.74, 6) is -0.158. The van der Waals surface area contributed by atoms with E-state index in [9.17, 15) is 9.59 Å². The summed E-state index contributed by atoms with van der Waals surface area (Å²) in [7, 11) is 0. The van der Waals surface area contributed by atoms with Crippen molar-refractivity contribution in [3.8, 4) is 0 Å². The van der Waals surface area contributed by atoms with Crippen LogP contribution in [0.25, 0.3) is 0 Å². The fourth-order valence-electron chi connectivity index (χ4n) is 1.82. The lowest BCUT2D eigenvalue weighted by atomic mass is 10.0. The van der Waals surface area contributed by atoms with Crippen LogP contribution in [0.4, 0.5) is 5.69 Å². The third-order valence-corrected chi connectivity index (χ3v) is 2.70. The Bertz CT molecular complexity index is 457. The first-order valence-electron chi connectivity index (χ1n) is 5.55. The van der Waals surface area contributed by atoms with E-state index in [2.05, 4.69) is 5.43 Å². The number of rotatable bonds is 3. The molecule has 5 heteroatoms. The predicted octanol–water partition coefficient (Wildman–Crippen LogP) is 0.458. The molecule has 0 bridgehead atoms. The molecule has 0 saturated carbocycles. The number of amides is 1. The van der Waals surface area contributed by atoms with Gasteiger partial charge in [0.2, 0.25) is 5.91 Å². The van der Waals surface area contributed by atoms with Crippen molar-refractivity contribution in [2.75, 3.05) is 11.6 Å². The van der Waals surface area contributed by atoms with Crippen molar-refractivity contribution < 1.29 is 9.59 Å². The van der Waals surface area contributed by atoms with Crippen molar-refractivity contribution in [3.63, 3.8) is 0 Å². The van der Waals surface area contributed by atoms with Gasteiger partial charge in [-0.25, -0.2) is 0 Å². The average molecular weight is 233 g/mol. The van der Waals surface area contributed by atoms with E-state index >= 15 is 0 Å². The summed E-state index contributed by atoms with van der Waals surface area (Å²) in [6.45, 7) is 2.23. The molecule has 17 heavy (non-hydrogen) atoms. The molecular formula is C12H15N3O2. The van der Waals surface area contributed by atoms with Crippen molar-refractivity contribution >= 4 is 17.4 Å².